The van der Waals surface area contributed by atoms with Crippen LogP contribution in [0.3, 0.4) is 0 Å². The maximum atomic E-state index is 12.7. The molecule has 1 amide bonds. The van der Waals surface area contributed by atoms with Crippen LogP contribution < -0.4 is 5.32 Å². The van der Waals surface area contributed by atoms with E-state index in [1.807, 2.05) is 11.9 Å². The number of halogens is 1. The summed E-state index contributed by atoms with van der Waals surface area (Å²) in [4.78, 5) is 24.1. The maximum absolute atomic E-state index is 12.7. The summed E-state index contributed by atoms with van der Waals surface area (Å²) in [6, 6.07) is 2.09. The second kappa shape index (κ2) is 11.0. The Labute approximate surface area is 186 Å². The Kier molecular flexibility index (Phi) is 9.07. The van der Waals surface area contributed by atoms with Crippen LogP contribution >= 0.6 is 24.0 Å². The summed E-state index contributed by atoms with van der Waals surface area (Å²) in [6.45, 7) is 11.2. The number of nitrogens with zero attached hydrogens (tertiary/aromatic N) is 5. The predicted molar refractivity (Wildman–Crippen MR) is 124 cm³/mol. The molecule has 1 aromatic rings. The largest absolute Gasteiger partial charge is 0.357 e. The van der Waals surface area contributed by atoms with Gasteiger partial charge < -0.3 is 19.7 Å². The molecule has 3 heterocycles. The fourth-order valence-electron chi connectivity index (χ4n) is 3.93. The Morgan fingerprint density at radius 2 is 1.82 bits per heavy atom. The van der Waals surface area contributed by atoms with Gasteiger partial charge >= 0.3 is 0 Å². The molecule has 2 aliphatic rings. The predicted octanol–water partition coefficient (Wildman–Crippen LogP) is 1.74. The molecule has 2 fully saturated rings. The molecule has 28 heavy (non-hydrogen) atoms. The van der Waals surface area contributed by atoms with Crippen molar-refractivity contribution in [3.63, 3.8) is 0 Å². The van der Waals surface area contributed by atoms with Crippen LogP contribution in [-0.4, -0.2) is 83.0 Å². The minimum absolute atomic E-state index is 0. The van der Waals surface area contributed by atoms with Gasteiger partial charge in [-0.3, -0.25) is 9.69 Å². The van der Waals surface area contributed by atoms with E-state index in [9.17, 15) is 4.79 Å². The van der Waals surface area contributed by atoms with Gasteiger partial charge in [0.25, 0.3) is 0 Å². The molecule has 7 nitrogen and oxygen atoms in total. The van der Waals surface area contributed by atoms with Crippen molar-refractivity contribution in [2.24, 2.45) is 12.0 Å². The zero-order valence-corrected chi connectivity index (χ0v) is 19.8. The first-order chi connectivity index (χ1) is 13.1. The van der Waals surface area contributed by atoms with Gasteiger partial charge in [0, 0.05) is 65.3 Å². The molecule has 8 heteroatoms. The van der Waals surface area contributed by atoms with Crippen molar-refractivity contribution in [2.45, 2.75) is 39.3 Å². The third kappa shape index (κ3) is 5.85. The van der Waals surface area contributed by atoms with E-state index >= 15 is 0 Å². The Bertz CT molecular complexity index is 647. The fourth-order valence-corrected chi connectivity index (χ4v) is 3.93. The molecular weight excluding hydrogens is 467 g/mol. The maximum Gasteiger partial charge on any atom is 0.239 e. The molecule has 0 saturated carbocycles. The van der Waals surface area contributed by atoms with E-state index < -0.39 is 0 Å². The first-order valence-corrected chi connectivity index (χ1v) is 10.3. The smallest absolute Gasteiger partial charge is 0.239 e. The van der Waals surface area contributed by atoms with Crippen LogP contribution in [0.4, 0.5) is 0 Å². The van der Waals surface area contributed by atoms with Gasteiger partial charge in [-0.2, -0.15) is 0 Å². The Morgan fingerprint density at radius 1 is 1.14 bits per heavy atom. The van der Waals surface area contributed by atoms with Crippen LogP contribution in [-0.2, 0) is 18.4 Å². The monoisotopic (exact) mass is 502 g/mol. The number of guanidine groups is 1. The molecule has 158 valence electrons. The van der Waals surface area contributed by atoms with Gasteiger partial charge in [-0.05, 0) is 38.3 Å². The van der Waals surface area contributed by atoms with Gasteiger partial charge in [0.05, 0.1) is 12.6 Å². The number of hydrogen-bond donors (Lipinski definition) is 1. The number of piperazine rings is 1. The number of nitrogens with one attached hydrogen (secondary N) is 1. The lowest BCUT2D eigenvalue weighted by atomic mass is 10.2. The summed E-state index contributed by atoms with van der Waals surface area (Å²) in [5.41, 5.74) is 1.22. The lowest BCUT2D eigenvalue weighted by Gasteiger charge is -2.39. The molecule has 0 aromatic carbocycles. The fraction of sp³-hybridized carbons (Fsp3) is 0.700. The van der Waals surface area contributed by atoms with Gasteiger partial charge in [0.1, 0.15) is 0 Å². The lowest BCUT2D eigenvalue weighted by molar-refractivity contribution is -0.135. The summed E-state index contributed by atoms with van der Waals surface area (Å²) in [7, 11) is 2.03. The van der Waals surface area contributed by atoms with Gasteiger partial charge in [-0.15, -0.1) is 24.0 Å². The number of carbonyl (C=O) groups excluding carboxylic acids is 1. The number of rotatable bonds is 5. The highest BCUT2D eigenvalue weighted by Crippen LogP contribution is 2.14. The zero-order chi connectivity index (χ0) is 19.2. The summed E-state index contributed by atoms with van der Waals surface area (Å²) >= 11 is 0. The van der Waals surface area contributed by atoms with Crippen LogP contribution in [0.2, 0.25) is 0 Å². The molecule has 1 unspecified atom stereocenters. The molecule has 2 saturated heterocycles. The summed E-state index contributed by atoms with van der Waals surface area (Å²) < 4.78 is 2.05. The number of aromatic nitrogens is 1. The second-order valence-corrected chi connectivity index (χ2v) is 7.59. The van der Waals surface area contributed by atoms with Crippen molar-refractivity contribution in [3.05, 3.63) is 24.0 Å². The minimum atomic E-state index is -0.0194. The van der Waals surface area contributed by atoms with E-state index in [1.54, 1.807) is 0 Å². The van der Waals surface area contributed by atoms with Crippen LogP contribution in [0.15, 0.2) is 23.5 Å². The third-order valence-electron chi connectivity index (χ3n) is 5.58. The normalized spacial score (nSPS) is 19.5. The van der Waals surface area contributed by atoms with Crippen LogP contribution in [0, 0.1) is 0 Å². The first kappa shape index (κ1) is 23.0. The molecule has 3 rings (SSSR count). The SMILES string of the molecule is CCNC(=NCc1ccn(C)c1)N1CCN(C(C)C(=O)N2CCCC2)CC1.I. The molecule has 0 radical (unpaired) electrons. The van der Waals surface area contributed by atoms with Crippen LogP contribution in [0.1, 0.15) is 32.3 Å². The minimum Gasteiger partial charge on any atom is -0.357 e. The standard InChI is InChI=1S/C20H34N6O.HI/c1-4-21-20(22-15-18-7-10-23(3)16-18)26-13-11-24(12-14-26)17(2)19(27)25-8-5-6-9-25;/h7,10,16-17H,4-6,8-9,11-15H2,1-3H3,(H,21,22);1H. The molecule has 0 spiro atoms. The highest BCUT2D eigenvalue weighted by Gasteiger charge is 2.30. The first-order valence-electron chi connectivity index (χ1n) is 10.3. The van der Waals surface area contributed by atoms with Crippen LogP contribution in [0.25, 0.3) is 0 Å². The summed E-state index contributed by atoms with van der Waals surface area (Å²) in [5, 5.41) is 3.42. The zero-order valence-electron chi connectivity index (χ0n) is 17.4. The molecule has 1 N–H and O–H groups in total. The Hall–Kier alpha value is -1.29. The van der Waals surface area contributed by atoms with E-state index in [1.165, 1.54) is 5.56 Å². The van der Waals surface area contributed by atoms with Crippen molar-refractivity contribution in [3.8, 4) is 0 Å². The van der Waals surface area contributed by atoms with Gasteiger partial charge in [-0.1, -0.05) is 0 Å². The highest BCUT2D eigenvalue weighted by molar-refractivity contribution is 14.0. The van der Waals surface area contributed by atoms with Crippen molar-refractivity contribution in [1.29, 1.82) is 0 Å². The number of aliphatic imine (C=N–C) groups is 1. The van der Waals surface area contributed by atoms with Gasteiger partial charge in [0.15, 0.2) is 5.96 Å². The molecule has 1 aromatic heterocycles. The molecule has 2 aliphatic heterocycles. The Morgan fingerprint density at radius 3 is 2.39 bits per heavy atom. The second-order valence-electron chi connectivity index (χ2n) is 7.59. The number of carbonyl (C=O) groups is 1. The molecular formula is C20H35IN6O. The van der Waals surface area contributed by atoms with Crippen LogP contribution in [0.5, 0.6) is 0 Å². The third-order valence-corrected chi connectivity index (χ3v) is 5.58. The van der Waals surface area contributed by atoms with Gasteiger partial charge in [0.2, 0.25) is 5.91 Å². The number of hydrogen-bond acceptors (Lipinski definition) is 3. The lowest BCUT2D eigenvalue weighted by Crippen LogP contribution is -2.57. The van der Waals surface area contributed by atoms with E-state index in [4.69, 9.17) is 4.99 Å². The summed E-state index contributed by atoms with van der Waals surface area (Å²) in [6.07, 6.45) is 6.46. The quantitative estimate of drug-likeness (QED) is 0.379. The molecule has 0 aliphatic carbocycles. The van der Waals surface area contributed by atoms with Gasteiger partial charge in [-0.25, -0.2) is 4.99 Å². The van der Waals surface area contributed by atoms with E-state index in [0.29, 0.717) is 12.5 Å². The highest BCUT2D eigenvalue weighted by atomic mass is 127. The molecule has 1 atom stereocenters. The molecule has 0 bridgehead atoms. The summed E-state index contributed by atoms with van der Waals surface area (Å²) in [5.74, 6) is 1.27. The van der Waals surface area contributed by atoms with Crippen molar-refractivity contribution in [2.75, 3.05) is 45.8 Å². The number of likely N-dealkylation sites (tertiary alicyclic amines) is 1. The average molecular weight is 502 g/mol. The van der Waals surface area contributed by atoms with Crippen molar-refractivity contribution >= 4 is 35.8 Å². The van der Waals surface area contributed by atoms with E-state index in [-0.39, 0.29) is 30.0 Å². The Balaban J connectivity index is 0.00000280. The van der Waals surface area contributed by atoms with E-state index in [2.05, 4.69) is 52.0 Å². The van der Waals surface area contributed by atoms with Crippen molar-refractivity contribution in [1.82, 2.24) is 24.6 Å². The topological polar surface area (TPSA) is 56.1 Å². The van der Waals surface area contributed by atoms with Crippen molar-refractivity contribution < 1.29 is 4.79 Å². The average Bonchev–Trinajstić information content (AvgIpc) is 3.36. The number of amides is 1. The number of aryl methyl sites for hydroxylation is 1. The van der Waals surface area contributed by atoms with E-state index in [0.717, 1.165) is 64.6 Å².